The third kappa shape index (κ3) is 6.37. The summed E-state index contributed by atoms with van der Waals surface area (Å²) in [4.78, 5) is 45.1. The molecule has 16 heteroatoms. The van der Waals surface area contributed by atoms with Crippen LogP contribution in [-0.2, 0) is 35.5 Å². The number of rotatable bonds is 9. The summed E-state index contributed by atoms with van der Waals surface area (Å²) in [6.45, 7) is 0.429. The van der Waals surface area contributed by atoms with Crippen LogP contribution in [0.4, 0.5) is 0 Å². The summed E-state index contributed by atoms with van der Waals surface area (Å²) in [5, 5.41) is 29.7. The van der Waals surface area contributed by atoms with Gasteiger partial charge in [-0.25, -0.2) is 13.7 Å². The maximum atomic E-state index is 12.4. The van der Waals surface area contributed by atoms with Gasteiger partial charge in [-0.15, -0.1) is 0 Å². The van der Waals surface area contributed by atoms with Gasteiger partial charge in [-0.1, -0.05) is 23.8 Å². The molecule has 14 nitrogen and oxygen atoms in total. The van der Waals surface area contributed by atoms with E-state index < -0.39 is 70.6 Å². The smallest absolute Gasteiger partial charge is 0.392 e. The van der Waals surface area contributed by atoms with Gasteiger partial charge in [0.15, 0.2) is 6.23 Å². The molecule has 34 heavy (non-hydrogen) atoms. The van der Waals surface area contributed by atoms with Gasteiger partial charge in [-0.2, -0.15) is 0 Å². The number of ether oxygens (including phenoxy) is 1. The van der Waals surface area contributed by atoms with E-state index in [0.717, 1.165) is 22.4 Å². The molecule has 0 spiro atoms. The van der Waals surface area contributed by atoms with Crippen molar-refractivity contribution < 1.29 is 47.8 Å². The molecule has 0 aliphatic carbocycles. The zero-order valence-electron chi connectivity index (χ0n) is 17.8. The van der Waals surface area contributed by atoms with Crippen LogP contribution in [0.15, 0.2) is 40.1 Å². The minimum Gasteiger partial charge on any atom is -0.392 e. The molecule has 1 fully saturated rings. The van der Waals surface area contributed by atoms with Gasteiger partial charge in [0.25, 0.3) is 5.56 Å². The van der Waals surface area contributed by atoms with E-state index in [1.165, 1.54) is 12.1 Å². The zero-order valence-corrected chi connectivity index (χ0v) is 19.5. The summed E-state index contributed by atoms with van der Waals surface area (Å²) >= 11 is 0. The SMILES string of the molecule is Cc1ccc(CO)c(CP(=O)(O)OP(=O)(O)OC[C@H]2O[C@@H](n3ccc(=O)[nH]c3=O)[C@@H](O)C2O)c1. The first-order valence-corrected chi connectivity index (χ1v) is 13.1. The van der Waals surface area contributed by atoms with Crippen LogP contribution < -0.4 is 11.2 Å². The van der Waals surface area contributed by atoms with E-state index in [9.17, 15) is 43.8 Å². The van der Waals surface area contributed by atoms with E-state index in [0.29, 0.717) is 5.56 Å². The number of phosphoric ester groups is 1. The van der Waals surface area contributed by atoms with Gasteiger partial charge in [0, 0.05) is 12.3 Å². The van der Waals surface area contributed by atoms with Crippen LogP contribution >= 0.6 is 15.4 Å². The first kappa shape index (κ1) is 26.6. The molecular formula is C18H24N2O12P2. The topological polar surface area (TPSA) is 218 Å². The van der Waals surface area contributed by atoms with Crippen molar-refractivity contribution in [2.45, 2.75) is 44.2 Å². The number of nitrogens with one attached hydrogen (secondary N) is 1. The van der Waals surface area contributed by atoms with Crippen LogP contribution in [0.5, 0.6) is 0 Å². The number of aromatic amines is 1. The molecule has 1 aromatic heterocycles. The maximum absolute atomic E-state index is 12.4. The molecule has 6 N–H and O–H groups in total. The predicted octanol–water partition coefficient (Wildman–Crippen LogP) is -0.524. The highest BCUT2D eigenvalue weighted by Crippen LogP contribution is 2.61. The van der Waals surface area contributed by atoms with Crippen LogP contribution in [0, 0.1) is 6.92 Å². The summed E-state index contributed by atoms with van der Waals surface area (Å²) in [5.41, 5.74) is -0.339. The number of hydrogen-bond donors (Lipinski definition) is 6. The van der Waals surface area contributed by atoms with Crippen LogP contribution in [0.1, 0.15) is 22.9 Å². The van der Waals surface area contributed by atoms with Crippen molar-refractivity contribution in [2.24, 2.45) is 0 Å². The van der Waals surface area contributed by atoms with Gasteiger partial charge in [0.05, 0.1) is 19.4 Å². The second-order valence-electron chi connectivity index (χ2n) is 7.64. The highest BCUT2D eigenvalue weighted by atomic mass is 31.3. The van der Waals surface area contributed by atoms with Crippen LogP contribution in [-0.4, -0.2) is 59.6 Å². The summed E-state index contributed by atoms with van der Waals surface area (Å²) in [5.74, 6) is 0. The van der Waals surface area contributed by atoms with Gasteiger partial charge in [0.2, 0.25) is 0 Å². The van der Waals surface area contributed by atoms with Crippen molar-refractivity contribution in [3.8, 4) is 0 Å². The lowest BCUT2D eigenvalue weighted by molar-refractivity contribution is -0.0541. The fourth-order valence-electron chi connectivity index (χ4n) is 3.38. The third-order valence-corrected chi connectivity index (χ3v) is 8.06. The maximum Gasteiger partial charge on any atom is 0.479 e. The highest BCUT2D eigenvalue weighted by Gasteiger charge is 2.45. The number of phosphoric acid groups is 1. The molecule has 0 bridgehead atoms. The Labute approximate surface area is 192 Å². The van der Waals surface area contributed by atoms with Crippen LogP contribution in [0.25, 0.3) is 0 Å². The molecule has 0 amide bonds. The van der Waals surface area contributed by atoms with E-state index in [-0.39, 0.29) is 5.56 Å². The van der Waals surface area contributed by atoms with E-state index >= 15 is 0 Å². The van der Waals surface area contributed by atoms with Gasteiger partial charge in [-0.05, 0) is 18.1 Å². The van der Waals surface area contributed by atoms with Crippen molar-refractivity contribution in [1.82, 2.24) is 9.55 Å². The third-order valence-electron chi connectivity index (χ3n) is 5.00. The second kappa shape index (κ2) is 10.3. The van der Waals surface area contributed by atoms with Crippen LogP contribution in [0.3, 0.4) is 0 Å². The number of aliphatic hydroxyl groups is 3. The van der Waals surface area contributed by atoms with Crippen molar-refractivity contribution in [3.05, 3.63) is 68.0 Å². The lowest BCUT2D eigenvalue weighted by Gasteiger charge is -2.20. The van der Waals surface area contributed by atoms with E-state index in [1.54, 1.807) is 13.0 Å². The summed E-state index contributed by atoms with van der Waals surface area (Å²) in [7, 11) is -9.89. The lowest BCUT2D eigenvalue weighted by atomic mass is 10.1. The molecule has 3 unspecified atom stereocenters. The molecular weight excluding hydrogens is 498 g/mol. The molecule has 0 saturated carbocycles. The fraction of sp³-hybridized carbons (Fsp3) is 0.444. The molecule has 2 aromatic rings. The van der Waals surface area contributed by atoms with Gasteiger partial charge >= 0.3 is 21.1 Å². The number of nitrogens with zero attached hydrogens (tertiary/aromatic N) is 1. The molecule has 1 saturated heterocycles. The quantitative estimate of drug-likeness (QED) is 0.229. The molecule has 3 rings (SSSR count). The predicted molar refractivity (Wildman–Crippen MR) is 115 cm³/mol. The first-order valence-electron chi connectivity index (χ1n) is 9.85. The Hall–Kier alpha value is -1.96. The number of benzene rings is 1. The molecule has 188 valence electrons. The van der Waals surface area contributed by atoms with E-state index in [1.807, 2.05) is 4.98 Å². The summed E-state index contributed by atoms with van der Waals surface area (Å²) < 4.78 is 40.0. The van der Waals surface area contributed by atoms with Crippen molar-refractivity contribution in [2.75, 3.05) is 6.61 Å². The van der Waals surface area contributed by atoms with E-state index in [2.05, 4.69) is 8.83 Å². The number of aliphatic hydroxyl groups excluding tert-OH is 3. The Kier molecular flexibility index (Phi) is 8.10. The minimum absolute atomic E-state index is 0.236. The number of hydrogen-bond acceptors (Lipinski definition) is 10. The lowest BCUT2D eigenvalue weighted by Crippen LogP contribution is -2.37. The Morgan fingerprint density at radius 3 is 2.47 bits per heavy atom. The first-order chi connectivity index (χ1) is 15.8. The number of aryl methyl sites for hydroxylation is 1. The van der Waals surface area contributed by atoms with E-state index in [4.69, 9.17) is 4.74 Å². The Balaban J connectivity index is 1.65. The van der Waals surface area contributed by atoms with Crippen molar-refractivity contribution in [1.29, 1.82) is 0 Å². The molecule has 0 radical (unpaired) electrons. The van der Waals surface area contributed by atoms with Crippen molar-refractivity contribution >= 4 is 15.4 Å². The molecule has 6 atom stereocenters. The highest BCUT2D eigenvalue weighted by molar-refractivity contribution is 7.63. The number of aromatic nitrogens is 2. The standard InChI is InChI=1S/C18H24N2O12P2/c1-10-2-3-11(7-21)12(6-10)9-33(26,27)32-34(28,29)30-8-13-15(23)16(24)17(31-13)20-5-4-14(22)19-18(20)25/h2-6,13,15-17,21,23-24H,7-9H2,1H3,(H,26,27)(H,28,29)(H,19,22,25)/t13-,15?,16+,17-/m1/s1. The van der Waals surface area contributed by atoms with Gasteiger partial charge < -0.3 is 29.8 Å². The largest absolute Gasteiger partial charge is 0.479 e. The molecule has 1 aliphatic rings. The summed E-state index contributed by atoms with van der Waals surface area (Å²) in [6, 6.07) is 5.71. The zero-order chi connectivity index (χ0) is 25.3. The molecule has 1 aromatic carbocycles. The molecule has 1 aliphatic heterocycles. The van der Waals surface area contributed by atoms with Gasteiger partial charge in [0.1, 0.15) is 18.3 Å². The number of H-pyrrole nitrogens is 1. The van der Waals surface area contributed by atoms with Gasteiger partial charge in [-0.3, -0.25) is 23.4 Å². The Morgan fingerprint density at radius 2 is 1.82 bits per heavy atom. The fourth-order valence-corrected chi connectivity index (χ4v) is 6.15. The minimum atomic E-state index is -5.16. The molecule has 2 heterocycles. The van der Waals surface area contributed by atoms with Crippen LogP contribution in [0.2, 0.25) is 0 Å². The normalized spacial score (nSPS) is 26.2. The second-order valence-corrected chi connectivity index (χ2v) is 11.1. The Morgan fingerprint density at radius 1 is 1.12 bits per heavy atom. The monoisotopic (exact) mass is 522 g/mol. The average Bonchev–Trinajstić information content (AvgIpc) is 3.00. The van der Waals surface area contributed by atoms with Crippen molar-refractivity contribution in [3.63, 3.8) is 0 Å². The Bertz CT molecular complexity index is 1240. The average molecular weight is 522 g/mol. The summed E-state index contributed by atoms with van der Waals surface area (Å²) in [6.07, 6.45) is -5.88.